The van der Waals surface area contributed by atoms with Crippen LogP contribution in [0.15, 0.2) is 262 Å². The first-order chi connectivity index (χ1) is 42.8. The molecule has 103 heavy (non-hydrogen) atoms. The number of hydrogen-bond donors (Lipinski definition) is 0. The van der Waals surface area contributed by atoms with E-state index in [9.17, 15) is 117 Å². The maximum atomic E-state index is 11.5. The third-order valence-corrected chi connectivity index (χ3v) is 26.9. The van der Waals surface area contributed by atoms with Gasteiger partial charge in [-0.1, -0.05) is 109 Å². The Labute approximate surface area is 809 Å². The zero-order valence-corrected chi connectivity index (χ0v) is 84.2. The average Bonchev–Trinajstić information content (AvgIpc) is 0.793. The van der Waals surface area contributed by atoms with Gasteiger partial charge in [0, 0.05) is 16.5 Å². The molecule has 502 valence electrons. The fourth-order valence-corrected chi connectivity index (χ4v) is 21.0. The molecule has 0 heterocycles. The zero-order chi connectivity index (χ0) is 69.1. The molecule has 0 bridgehead atoms. The van der Waals surface area contributed by atoms with Crippen LogP contribution < -0.4 is 314 Å². The molecular weight excluding hydrogens is 1730 g/mol. The van der Waals surface area contributed by atoms with Crippen molar-refractivity contribution in [3.8, 4) is 0 Å². The van der Waals surface area contributed by atoms with Gasteiger partial charge in [0.25, 0.3) is 0 Å². The van der Waals surface area contributed by atoms with Crippen LogP contribution in [0.25, 0.3) is 0 Å². The maximum Gasteiger partial charge on any atom is 1.00 e. The minimum absolute atomic E-state index is 0. The summed E-state index contributed by atoms with van der Waals surface area (Å²) in [6.07, 6.45) is 0. The maximum absolute atomic E-state index is 11.5. The summed E-state index contributed by atoms with van der Waals surface area (Å²) in [4.78, 5) is -4.89. The summed E-state index contributed by atoms with van der Waals surface area (Å²) in [5, 5.41) is 2.32. The van der Waals surface area contributed by atoms with Crippen LogP contribution in [0.2, 0.25) is 0 Å². The summed E-state index contributed by atoms with van der Waals surface area (Å²) < 4.78 is 309. The molecule has 0 spiro atoms. The van der Waals surface area contributed by atoms with E-state index < -0.39 is 159 Å². The van der Waals surface area contributed by atoms with E-state index in [0.717, 1.165) is 109 Å². The molecule has 9 aromatic carbocycles. The summed E-state index contributed by atoms with van der Waals surface area (Å²) in [6, 6.07) is 44.5. The minimum atomic E-state index is -4.82. The Balaban J connectivity index is -0.000000681. The predicted molar refractivity (Wildman–Crippen MR) is 327 cm³/mol. The minimum Gasteiger partial charge on any atom is -0.744 e. The van der Waals surface area contributed by atoms with Gasteiger partial charge in [0.15, 0.2) is 0 Å². The van der Waals surface area contributed by atoms with Gasteiger partial charge in [0.05, 0.1) is 44.1 Å². The van der Waals surface area contributed by atoms with E-state index in [2.05, 4.69) is 0 Å². The first-order valence-electron chi connectivity index (χ1n) is 24.7. The van der Waals surface area contributed by atoms with Gasteiger partial charge in [0.1, 0.15) is 91.1 Å². The van der Waals surface area contributed by atoms with E-state index in [1.807, 2.05) is 0 Å². The summed E-state index contributed by atoms with van der Waals surface area (Å²) in [5.74, 6) is 0. The van der Waals surface area contributed by atoms with Gasteiger partial charge >= 0.3 is 266 Å². The molecule has 0 amide bonds. The van der Waals surface area contributed by atoms with Gasteiger partial charge in [-0.15, -0.1) is 0 Å². The summed E-state index contributed by atoms with van der Waals surface area (Å²) in [5.41, 5.74) is 0. The Hall–Kier alpha value is 2.95. The van der Waals surface area contributed by atoms with Crippen molar-refractivity contribution in [2.24, 2.45) is 0 Å². The molecule has 0 saturated carbocycles. The molecule has 49 heteroatoms. The monoisotopic (exact) mass is 1760 g/mol. The van der Waals surface area contributed by atoms with Crippen molar-refractivity contribution < 1.29 is 399 Å². The summed E-state index contributed by atoms with van der Waals surface area (Å²) in [7, 11) is -48.9. The average molecular weight is 1760 g/mol. The molecule has 0 aliphatic rings. The number of hydrogen-bond acceptors (Lipinski definition) is 27. The first-order valence-corrected chi connectivity index (χ1v) is 41.4. The summed E-state index contributed by atoms with van der Waals surface area (Å²) >= 11 is 0. The topological polar surface area (TPSA) is 515 Å². The van der Waals surface area contributed by atoms with Crippen molar-refractivity contribution >= 4 is 163 Å². The van der Waals surface area contributed by atoms with Crippen molar-refractivity contribution in [2.75, 3.05) is 0 Å². The molecular formula is C54H36Na9NiO27P3S9. The second-order valence-electron chi connectivity index (χ2n) is 18.6. The van der Waals surface area contributed by atoms with Crippen LogP contribution in [0.4, 0.5) is 0 Å². The third kappa shape index (κ3) is 33.2. The molecule has 0 aromatic heterocycles. The van der Waals surface area contributed by atoms with Gasteiger partial charge < -0.3 is 41.0 Å². The van der Waals surface area contributed by atoms with E-state index in [1.54, 1.807) is 0 Å². The quantitative estimate of drug-likeness (QED) is 0.0437. The largest absolute Gasteiger partial charge is 1.00 e. The van der Waals surface area contributed by atoms with Gasteiger partial charge in [0.2, 0.25) is 0 Å². The zero-order valence-electron chi connectivity index (χ0n) is 55.1. The van der Waals surface area contributed by atoms with Gasteiger partial charge in [-0.25, -0.2) is 75.8 Å². The Morgan fingerprint density at radius 1 is 0.165 bits per heavy atom. The van der Waals surface area contributed by atoms with Crippen molar-refractivity contribution in [1.82, 2.24) is 0 Å². The Morgan fingerprint density at radius 2 is 0.243 bits per heavy atom. The molecule has 0 radical (unpaired) electrons. The molecule has 0 atom stereocenters. The predicted octanol–water partition coefficient (Wildman–Crippen LogP) is -26.5. The van der Waals surface area contributed by atoms with Crippen molar-refractivity contribution in [3.05, 3.63) is 218 Å². The van der Waals surface area contributed by atoms with Crippen LogP contribution in [0.1, 0.15) is 0 Å². The molecule has 9 rings (SSSR count). The molecule has 0 aliphatic carbocycles. The van der Waals surface area contributed by atoms with Gasteiger partial charge in [-0.05, 0) is 181 Å². The Kier molecular flexibility index (Phi) is 50.8. The van der Waals surface area contributed by atoms with E-state index in [-0.39, 0.29) is 330 Å². The SMILES string of the molecule is O=S(=O)([O-])c1cccc(P(c2cccc(S(=O)(=O)[O-])c2)c2cccc(S(=O)(=O)[O-])c2)c1.O=S(=O)([O-])c1cccc(P(c2cccc(S(=O)(=O)[O-])c2)c2cccc(S(=O)(=O)[O-])c2)c1.O=S(=O)([O-])c1cccc(P(c2cccc(S(=O)(=O)[O-])c2)c2cccc(S(=O)(=O)[O-])c2)c1.[Na+].[Na+].[Na+].[Na+].[Na+].[Na+].[Na+].[Na+].[Na+].[Ni]. The van der Waals surface area contributed by atoms with Crippen molar-refractivity contribution in [1.29, 1.82) is 0 Å². The van der Waals surface area contributed by atoms with Crippen LogP contribution in [0, 0.1) is 0 Å². The van der Waals surface area contributed by atoms with Crippen molar-refractivity contribution in [2.45, 2.75) is 44.1 Å². The van der Waals surface area contributed by atoms with Crippen LogP contribution in [-0.4, -0.2) is 117 Å². The van der Waals surface area contributed by atoms with Gasteiger partial charge in [-0.2, -0.15) is 0 Å². The molecule has 0 N–H and O–H groups in total. The summed E-state index contributed by atoms with van der Waals surface area (Å²) in [6.45, 7) is 0. The Bertz CT molecular complexity index is 4450. The number of benzene rings is 9. The van der Waals surface area contributed by atoms with E-state index in [1.165, 1.54) is 109 Å². The molecule has 0 fully saturated rings. The molecule has 9 aromatic rings. The van der Waals surface area contributed by atoms with Crippen molar-refractivity contribution in [3.63, 3.8) is 0 Å². The molecule has 27 nitrogen and oxygen atoms in total. The fourth-order valence-electron chi connectivity index (χ4n) is 8.34. The first kappa shape index (κ1) is 112. The standard InChI is InChI=1S/3C18H15O9PS3.9Na.Ni/c3*19-29(20,21)16-7-1-4-13(10-16)28(14-5-2-8-17(11-14)30(22,23)24)15-6-3-9-18(12-15)31(25,26)27;;;;;;;;;;/h3*1-12H,(H,19,20,21)(H,22,23,24)(H,25,26,27);;;;;;;;;;/q;;;9*+1;/p-9. The molecule has 0 saturated heterocycles. The number of rotatable bonds is 18. The van der Waals surface area contributed by atoms with Crippen LogP contribution in [-0.2, 0) is 108 Å². The van der Waals surface area contributed by atoms with E-state index in [0.29, 0.717) is 0 Å². The second-order valence-corrected chi connectivity index (χ2v) is 37.6. The van der Waals surface area contributed by atoms with E-state index in [4.69, 9.17) is 0 Å². The molecule has 0 aliphatic heterocycles. The fraction of sp³-hybridized carbons (Fsp3) is 0. The third-order valence-electron chi connectivity index (χ3n) is 12.3. The van der Waals surface area contributed by atoms with Crippen LogP contribution in [0.5, 0.6) is 0 Å². The van der Waals surface area contributed by atoms with E-state index >= 15 is 0 Å². The smallest absolute Gasteiger partial charge is 0.744 e. The second kappa shape index (κ2) is 46.6. The normalized spacial score (nSPS) is 11.5. The Morgan fingerprint density at radius 3 is 0.311 bits per heavy atom. The van der Waals surface area contributed by atoms with Gasteiger partial charge in [-0.3, -0.25) is 0 Å². The van der Waals surface area contributed by atoms with Crippen LogP contribution >= 0.6 is 23.8 Å². The van der Waals surface area contributed by atoms with Crippen LogP contribution in [0.3, 0.4) is 0 Å². The molecule has 0 unspecified atom stereocenters.